The monoisotopic (exact) mass is 356 g/mol. The normalized spacial score (nSPS) is 10.9. The molecule has 2 rings (SSSR count). The van der Waals surface area contributed by atoms with E-state index < -0.39 is 0 Å². The SMILES string of the molecule is Clc1ccc(Br)c2ncc(I)n12. The minimum atomic E-state index is 0.676. The molecule has 0 bridgehead atoms. The van der Waals surface area contributed by atoms with E-state index in [4.69, 9.17) is 11.6 Å². The van der Waals surface area contributed by atoms with Gasteiger partial charge >= 0.3 is 0 Å². The summed E-state index contributed by atoms with van der Waals surface area (Å²) < 4.78 is 3.84. The highest BCUT2D eigenvalue weighted by atomic mass is 127. The van der Waals surface area contributed by atoms with Crippen LogP contribution in [0.15, 0.2) is 22.8 Å². The molecular weight excluding hydrogens is 354 g/mol. The molecule has 0 aliphatic heterocycles. The summed E-state index contributed by atoms with van der Waals surface area (Å²) in [6, 6.07) is 3.73. The zero-order chi connectivity index (χ0) is 8.72. The number of aromatic nitrogens is 2. The predicted octanol–water partition coefficient (Wildman–Crippen LogP) is 3.35. The first-order valence-electron chi connectivity index (χ1n) is 3.17. The fourth-order valence-electron chi connectivity index (χ4n) is 0.994. The molecule has 5 heteroatoms. The Balaban J connectivity index is 2.98. The second-order valence-electron chi connectivity index (χ2n) is 2.24. The minimum absolute atomic E-state index is 0.676. The van der Waals surface area contributed by atoms with Crippen molar-refractivity contribution >= 4 is 55.8 Å². The number of hydrogen-bond donors (Lipinski definition) is 0. The Hall–Kier alpha value is 0.190. The molecule has 2 aromatic heterocycles. The highest BCUT2D eigenvalue weighted by Gasteiger charge is 2.06. The van der Waals surface area contributed by atoms with Crippen LogP contribution in [-0.2, 0) is 0 Å². The molecule has 0 saturated heterocycles. The number of pyridine rings is 1. The van der Waals surface area contributed by atoms with Crippen molar-refractivity contribution in [2.24, 2.45) is 0 Å². The van der Waals surface area contributed by atoms with Crippen LogP contribution in [0.4, 0.5) is 0 Å². The van der Waals surface area contributed by atoms with Crippen molar-refractivity contribution in [3.05, 3.63) is 31.7 Å². The maximum atomic E-state index is 5.97. The lowest BCUT2D eigenvalue weighted by atomic mass is 10.5. The van der Waals surface area contributed by atoms with Crippen LogP contribution < -0.4 is 0 Å². The molecule has 2 aromatic rings. The molecule has 0 spiro atoms. The van der Waals surface area contributed by atoms with Gasteiger partial charge in [0.2, 0.25) is 0 Å². The summed E-state index contributed by atoms with van der Waals surface area (Å²) in [5, 5.41) is 0.676. The Labute approximate surface area is 96.2 Å². The first-order valence-corrected chi connectivity index (χ1v) is 5.42. The summed E-state index contributed by atoms with van der Waals surface area (Å²) in [7, 11) is 0. The number of rotatable bonds is 0. The van der Waals surface area contributed by atoms with Crippen LogP contribution in [0.2, 0.25) is 5.15 Å². The highest BCUT2D eigenvalue weighted by Crippen LogP contribution is 2.23. The van der Waals surface area contributed by atoms with Crippen LogP contribution in [0.5, 0.6) is 0 Å². The molecule has 0 fully saturated rings. The zero-order valence-corrected chi connectivity index (χ0v) is 10.3. The summed E-state index contributed by atoms with van der Waals surface area (Å²) in [5.41, 5.74) is 0.854. The van der Waals surface area contributed by atoms with Gasteiger partial charge in [-0.25, -0.2) is 4.98 Å². The molecule has 0 N–H and O–H groups in total. The summed E-state index contributed by atoms with van der Waals surface area (Å²) in [6.45, 7) is 0. The average molecular weight is 357 g/mol. The smallest absolute Gasteiger partial charge is 0.153 e. The van der Waals surface area contributed by atoms with E-state index in [1.165, 1.54) is 0 Å². The molecule has 0 aliphatic carbocycles. The Kier molecular flexibility index (Phi) is 2.31. The van der Waals surface area contributed by atoms with Gasteiger partial charge in [-0.15, -0.1) is 0 Å². The molecule has 0 aromatic carbocycles. The van der Waals surface area contributed by atoms with Crippen molar-refractivity contribution in [2.75, 3.05) is 0 Å². The maximum Gasteiger partial charge on any atom is 0.153 e. The van der Waals surface area contributed by atoms with Gasteiger partial charge in [-0.3, -0.25) is 4.40 Å². The van der Waals surface area contributed by atoms with Crippen LogP contribution in [0.3, 0.4) is 0 Å². The van der Waals surface area contributed by atoms with Crippen molar-refractivity contribution in [2.45, 2.75) is 0 Å². The fraction of sp³-hybridized carbons (Fsp3) is 0. The number of hydrogen-bond acceptors (Lipinski definition) is 1. The van der Waals surface area contributed by atoms with Crippen LogP contribution in [-0.4, -0.2) is 9.38 Å². The molecule has 0 aliphatic rings. The Morgan fingerprint density at radius 3 is 2.92 bits per heavy atom. The van der Waals surface area contributed by atoms with Crippen LogP contribution in [0.25, 0.3) is 5.65 Å². The third-order valence-electron chi connectivity index (χ3n) is 1.51. The minimum Gasteiger partial charge on any atom is -0.277 e. The van der Waals surface area contributed by atoms with E-state index in [0.717, 1.165) is 13.8 Å². The van der Waals surface area contributed by atoms with Crippen LogP contribution in [0, 0.1) is 3.70 Å². The van der Waals surface area contributed by atoms with Crippen LogP contribution >= 0.6 is 50.1 Å². The van der Waals surface area contributed by atoms with Gasteiger partial charge in [0, 0.05) is 0 Å². The fourth-order valence-corrected chi connectivity index (χ4v) is 2.41. The third-order valence-corrected chi connectivity index (χ3v) is 3.19. The van der Waals surface area contributed by atoms with Gasteiger partial charge in [0.15, 0.2) is 5.65 Å². The first-order chi connectivity index (χ1) is 5.70. The van der Waals surface area contributed by atoms with Crippen LogP contribution in [0.1, 0.15) is 0 Å². The van der Waals surface area contributed by atoms with Crippen molar-refractivity contribution in [1.82, 2.24) is 9.38 Å². The second kappa shape index (κ2) is 3.16. The molecule has 0 amide bonds. The van der Waals surface area contributed by atoms with E-state index in [1.807, 2.05) is 16.5 Å². The van der Waals surface area contributed by atoms with Crippen molar-refractivity contribution in [1.29, 1.82) is 0 Å². The number of imidazole rings is 1. The second-order valence-corrected chi connectivity index (χ2v) is 4.59. The quantitative estimate of drug-likeness (QED) is 0.522. The predicted molar refractivity (Wildman–Crippen MR) is 60.6 cm³/mol. The zero-order valence-electron chi connectivity index (χ0n) is 5.76. The summed E-state index contributed by atoms with van der Waals surface area (Å²) in [5.74, 6) is 0. The lowest BCUT2D eigenvalue weighted by Gasteiger charge is -1.99. The van der Waals surface area contributed by atoms with Crippen molar-refractivity contribution < 1.29 is 0 Å². The van der Waals surface area contributed by atoms with E-state index in [9.17, 15) is 0 Å². The molecule has 2 heterocycles. The van der Waals surface area contributed by atoms with Crippen molar-refractivity contribution in [3.8, 4) is 0 Å². The van der Waals surface area contributed by atoms with E-state index >= 15 is 0 Å². The lowest BCUT2D eigenvalue weighted by Crippen LogP contribution is -1.89. The molecule has 0 radical (unpaired) electrons. The Bertz CT molecular complexity index is 440. The maximum absolute atomic E-state index is 5.97. The van der Waals surface area contributed by atoms with Gasteiger partial charge in [0.25, 0.3) is 0 Å². The van der Waals surface area contributed by atoms with Gasteiger partial charge in [0.05, 0.1) is 10.7 Å². The molecule has 62 valence electrons. The Morgan fingerprint density at radius 2 is 2.25 bits per heavy atom. The Morgan fingerprint density at radius 1 is 1.50 bits per heavy atom. The number of halogens is 3. The van der Waals surface area contributed by atoms with Gasteiger partial charge in [0.1, 0.15) is 8.85 Å². The lowest BCUT2D eigenvalue weighted by molar-refractivity contribution is 1.14. The van der Waals surface area contributed by atoms with E-state index in [0.29, 0.717) is 5.15 Å². The largest absolute Gasteiger partial charge is 0.277 e. The average Bonchev–Trinajstić information content (AvgIpc) is 2.42. The summed E-state index contributed by atoms with van der Waals surface area (Å²) in [6.07, 6.45) is 1.78. The summed E-state index contributed by atoms with van der Waals surface area (Å²) in [4.78, 5) is 4.20. The van der Waals surface area contributed by atoms with E-state index in [2.05, 4.69) is 43.5 Å². The molecule has 0 atom stereocenters. The topological polar surface area (TPSA) is 17.3 Å². The van der Waals surface area contributed by atoms with Gasteiger partial charge in [-0.1, -0.05) is 11.6 Å². The first kappa shape index (κ1) is 8.77. The number of fused-ring (bicyclic) bond motifs is 1. The summed E-state index contributed by atoms with van der Waals surface area (Å²) >= 11 is 11.6. The van der Waals surface area contributed by atoms with E-state index in [1.54, 1.807) is 6.20 Å². The van der Waals surface area contributed by atoms with Crippen molar-refractivity contribution in [3.63, 3.8) is 0 Å². The van der Waals surface area contributed by atoms with Gasteiger partial charge in [-0.05, 0) is 50.7 Å². The molecule has 2 nitrogen and oxygen atoms in total. The number of nitrogens with zero attached hydrogens (tertiary/aromatic N) is 2. The highest BCUT2D eigenvalue weighted by molar-refractivity contribution is 14.1. The van der Waals surface area contributed by atoms with Gasteiger partial charge < -0.3 is 0 Å². The standard InChI is InChI=1S/C7H3BrClIN2/c8-4-1-2-5(9)12-6(10)3-11-7(4)12/h1-3H. The van der Waals surface area contributed by atoms with Gasteiger partial charge in [-0.2, -0.15) is 0 Å². The molecule has 0 unspecified atom stereocenters. The molecule has 12 heavy (non-hydrogen) atoms. The molecular formula is C7H3BrClIN2. The third kappa shape index (κ3) is 1.25. The molecule has 0 saturated carbocycles. The van der Waals surface area contributed by atoms with E-state index in [-0.39, 0.29) is 0 Å².